The van der Waals surface area contributed by atoms with E-state index in [0.29, 0.717) is 18.6 Å². The van der Waals surface area contributed by atoms with Gasteiger partial charge in [0.05, 0.1) is 6.04 Å². The van der Waals surface area contributed by atoms with E-state index in [2.05, 4.69) is 10.6 Å². The summed E-state index contributed by atoms with van der Waals surface area (Å²) in [5.41, 5.74) is 12.2. The second-order valence-corrected chi connectivity index (χ2v) is 9.72. The minimum Gasteiger partial charge on any atom is -0.480 e. The molecule has 36 heavy (non-hydrogen) atoms. The molecule has 0 aromatic heterocycles. The van der Waals surface area contributed by atoms with Crippen LogP contribution in [0, 0.1) is 0 Å². The second kappa shape index (κ2) is 14.4. The summed E-state index contributed by atoms with van der Waals surface area (Å²) in [5.74, 6) is -2.94. The van der Waals surface area contributed by atoms with Gasteiger partial charge in [0.15, 0.2) is 0 Å². The maximum atomic E-state index is 13.2. The quantitative estimate of drug-likeness (QED) is 0.219. The third-order valence-corrected chi connectivity index (χ3v) is 6.64. The highest BCUT2D eigenvalue weighted by Crippen LogP contribution is 2.20. The van der Waals surface area contributed by atoms with Crippen LogP contribution in [0.3, 0.4) is 0 Å². The Bertz CT molecular complexity index is 931. The number of aliphatic carboxylic acids is 1. The minimum atomic E-state index is -1.16. The van der Waals surface area contributed by atoms with Gasteiger partial charge >= 0.3 is 5.97 Å². The van der Waals surface area contributed by atoms with E-state index in [4.69, 9.17) is 11.5 Å². The number of carboxylic acids is 1. The van der Waals surface area contributed by atoms with Crippen molar-refractivity contribution in [3.8, 4) is 0 Å². The molecule has 1 heterocycles. The highest BCUT2D eigenvalue weighted by molar-refractivity contribution is 7.98. The molecular formula is C24H35N5O6S. The third kappa shape index (κ3) is 8.83. The normalized spacial score (nSPS) is 17.6. The zero-order valence-corrected chi connectivity index (χ0v) is 21.2. The number of rotatable bonds is 14. The van der Waals surface area contributed by atoms with Gasteiger partial charge in [-0.2, -0.15) is 11.8 Å². The van der Waals surface area contributed by atoms with Crippen molar-refractivity contribution < 1.29 is 29.1 Å². The molecule has 2 rings (SSSR count). The molecule has 0 radical (unpaired) electrons. The van der Waals surface area contributed by atoms with Crippen LogP contribution in [0.5, 0.6) is 0 Å². The van der Waals surface area contributed by atoms with Gasteiger partial charge in [-0.1, -0.05) is 30.3 Å². The van der Waals surface area contributed by atoms with E-state index >= 15 is 0 Å². The molecule has 1 aliphatic rings. The fourth-order valence-electron chi connectivity index (χ4n) is 4.05. The highest BCUT2D eigenvalue weighted by atomic mass is 32.2. The number of hydrogen-bond acceptors (Lipinski definition) is 7. The third-order valence-electron chi connectivity index (χ3n) is 5.99. The zero-order chi connectivity index (χ0) is 26.7. The van der Waals surface area contributed by atoms with Crippen molar-refractivity contribution in [1.29, 1.82) is 0 Å². The lowest BCUT2D eigenvalue weighted by Gasteiger charge is -2.29. The molecule has 1 aromatic rings. The topological polar surface area (TPSA) is 185 Å². The molecule has 7 N–H and O–H groups in total. The molecule has 198 valence electrons. The van der Waals surface area contributed by atoms with Gasteiger partial charge in [0.2, 0.25) is 23.6 Å². The van der Waals surface area contributed by atoms with Crippen LogP contribution in [-0.4, -0.2) is 82.3 Å². The average Bonchev–Trinajstić information content (AvgIpc) is 3.34. The second-order valence-electron chi connectivity index (χ2n) is 8.73. The number of thioether (sulfide) groups is 1. The van der Waals surface area contributed by atoms with E-state index in [1.165, 1.54) is 16.7 Å². The van der Waals surface area contributed by atoms with Crippen molar-refractivity contribution >= 4 is 41.4 Å². The summed E-state index contributed by atoms with van der Waals surface area (Å²) in [5, 5.41) is 14.7. The predicted molar refractivity (Wildman–Crippen MR) is 136 cm³/mol. The van der Waals surface area contributed by atoms with Crippen LogP contribution in [-0.2, 0) is 30.4 Å². The molecular weight excluding hydrogens is 486 g/mol. The summed E-state index contributed by atoms with van der Waals surface area (Å²) >= 11 is 1.48. The molecule has 1 fully saturated rings. The number of nitrogens with one attached hydrogen (secondary N) is 2. The molecule has 11 nitrogen and oxygen atoms in total. The molecule has 4 unspecified atom stereocenters. The Morgan fingerprint density at radius 2 is 1.75 bits per heavy atom. The lowest BCUT2D eigenvalue weighted by atomic mass is 10.0. The van der Waals surface area contributed by atoms with E-state index in [0.717, 1.165) is 5.56 Å². The minimum absolute atomic E-state index is 0.0839. The Labute approximate surface area is 214 Å². The number of benzene rings is 1. The lowest BCUT2D eigenvalue weighted by Crippen LogP contribution is -2.57. The first-order valence-corrected chi connectivity index (χ1v) is 13.2. The molecule has 1 aliphatic heterocycles. The van der Waals surface area contributed by atoms with Gasteiger partial charge in [-0.25, -0.2) is 4.79 Å². The summed E-state index contributed by atoms with van der Waals surface area (Å²) in [7, 11) is 0. The molecule has 0 saturated carbocycles. The van der Waals surface area contributed by atoms with E-state index in [9.17, 15) is 29.1 Å². The van der Waals surface area contributed by atoms with Crippen molar-refractivity contribution in [3.63, 3.8) is 0 Å². The summed E-state index contributed by atoms with van der Waals surface area (Å²) in [6.07, 6.45) is 3.00. The number of carboxylic acid groups (broad SMARTS) is 1. The molecule has 0 aliphatic carbocycles. The van der Waals surface area contributed by atoms with Crippen molar-refractivity contribution in [2.45, 2.75) is 62.7 Å². The van der Waals surface area contributed by atoms with Crippen LogP contribution < -0.4 is 22.1 Å². The van der Waals surface area contributed by atoms with Crippen molar-refractivity contribution in [2.75, 3.05) is 18.6 Å². The fourth-order valence-corrected chi connectivity index (χ4v) is 4.52. The Kier molecular flexibility index (Phi) is 11.7. The Hall–Kier alpha value is -3.12. The van der Waals surface area contributed by atoms with Crippen molar-refractivity contribution in [1.82, 2.24) is 15.5 Å². The van der Waals surface area contributed by atoms with Crippen LogP contribution in [0.25, 0.3) is 0 Å². The van der Waals surface area contributed by atoms with Gasteiger partial charge < -0.3 is 32.1 Å². The number of amides is 4. The van der Waals surface area contributed by atoms with E-state index in [1.807, 2.05) is 36.6 Å². The molecule has 12 heteroatoms. The number of primary amides is 1. The number of carbonyl (C=O) groups is 5. The largest absolute Gasteiger partial charge is 0.480 e. The molecule has 0 spiro atoms. The van der Waals surface area contributed by atoms with E-state index < -0.39 is 53.8 Å². The SMILES string of the molecule is CSCCC(NC(=O)C(N)Cc1ccccc1)C(=O)NC(CCC(N)=O)C(=O)N1CCCC1C(=O)O. The molecule has 1 aromatic carbocycles. The maximum absolute atomic E-state index is 13.2. The summed E-state index contributed by atoms with van der Waals surface area (Å²) < 4.78 is 0. The van der Waals surface area contributed by atoms with Crippen LogP contribution in [0.4, 0.5) is 0 Å². The highest BCUT2D eigenvalue weighted by Gasteiger charge is 2.38. The van der Waals surface area contributed by atoms with Gasteiger partial charge in [0.1, 0.15) is 18.1 Å². The first-order chi connectivity index (χ1) is 17.1. The molecule has 0 bridgehead atoms. The lowest BCUT2D eigenvalue weighted by molar-refractivity contribution is -0.149. The van der Waals surface area contributed by atoms with E-state index in [-0.39, 0.29) is 32.2 Å². The average molecular weight is 522 g/mol. The van der Waals surface area contributed by atoms with Crippen molar-refractivity contribution in [3.05, 3.63) is 35.9 Å². The molecule has 1 saturated heterocycles. The van der Waals surface area contributed by atoms with Gasteiger partial charge in [-0.05, 0) is 49.7 Å². The Balaban J connectivity index is 2.12. The number of likely N-dealkylation sites (tertiary alicyclic amines) is 1. The van der Waals surface area contributed by atoms with Crippen LogP contribution in [0.15, 0.2) is 30.3 Å². The first kappa shape index (κ1) is 29.1. The summed E-state index contributed by atoms with van der Waals surface area (Å²) in [4.78, 5) is 63.2. The van der Waals surface area contributed by atoms with Crippen LogP contribution in [0.2, 0.25) is 0 Å². The number of nitrogens with two attached hydrogens (primary N) is 2. The maximum Gasteiger partial charge on any atom is 0.326 e. The van der Waals surface area contributed by atoms with Gasteiger partial charge in [0.25, 0.3) is 0 Å². The van der Waals surface area contributed by atoms with Gasteiger partial charge in [-0.3, -0.25) is 19.2 Å². The standard InChI is InChI=1S/C24H35N5O6S/c1-36-13-11-17(27-21(31)16(25)14-15-6-3-2-4-7-15)22(32)28-18(9-10-20(26)30)23(33)29-12-5-8-19(29)24(34)35/h2-4,6-7,16-19H,5,8-14,25H2,1H3,(H2,26,30)(H,27,31)(H,28,32)(H,34,35). The van der Waals surface area contributed by atoms with Crippen molar-refractivity contribution in [2.24, 2.45) is 11.5 Å². The summed E-state index contributed by atoms with van der Waals surface area (Å²) in [6.45, 7) is 0.236. The zero-order valence-electron chi connectivity index (χ0n) is 20.4. The van der Waals surface area contributed by atoms with Gasteiger partial charge in [0, 0.05) is 13.0 Å². The molecule has 4 amide bonds. The number of carbonyl (C=O) groups excluding carboxylic acids is 4. The van der Waals surface area contributed by atoms with Crippen LogP contribution >= 0.6 is 11.8 Å². The monoisotopic (exact) mass is 521 g/mol. The number of nitrogens with zero attached hydrogens (tertiary/aromatic N) is 1. The Morgan fingerprint density at radius 3 is 2.36 bits per heavy atom. The fraction of sp³-hybridized carbons (Fsp3) is 0.542. The Morgan fingerprint density at radius 1 is 1.08 bits per heavy atom. The predicted octanol–water partition coefficient (Wildman–Crippen LogP) is -0.380. The van der Waals surface area contributed by atoms with E-state index in [1.54, 1.807) is 0 Å². The molecule has 4 atom stereocenters. The summed E-state index contributed by atoms with van der Waals surface area (Å²) in [6, 6.07) is 5.24. The first-order valence-electron chi connectivity index (χ1n) is 11.8. The van der Waals surface area contributed by atoms with Gasteiger partial charge in [-0.15, -0.1) is 0 Å². The number of hydrogen-bond donors (Lipinski definition) is 5. The van der Waals surface area contributed by atoms with Crippen LogP contribution in [0.1, 0.15) is 37.7 Å². The smallest absolute Gasteiger partial charge is 0.326 e.